The molecule has 1 aromatic carbocycles. The van der Waals surface area contributed by atoms with Gasteiger partial charge in [-0.25, -0.2) is 4.79 Å². The number of benzene rings is 1. The maximum Gasteiger partial charge on any atom is 0.410 e. The van der Waals surface area contributed by atoms with Crippen molar-refractivity contribution < 1.29 is 19.4 Å². The molecule has 8 nitrogen and oxygen atoms in total. The Balaban J connectivity index is 1.26. The van der Waals surface area contributed by atoms with Crippen molar-refractivity contribution in [1.82, 2.24) is 19.6 Å². The molecule has 0 atom stereocenters. The minimum atomic E-state index is -0.438. The highest BCUT2D eigenvalue weighted by atomic mass is 16.6. The Morgan fingerprint density at radius 3 is 2.00 bits per heavy atom. The number of rotatable bonds is 7. The SMILES string of the molecule is CC(C)(C)OC(=O)N1CCN(CCN2CCN(CCOc3cccc(O)c3)CC2)CC1. The number of phenolic OH excluding ortho intramolecular Hbond substituents is 1. The van der Waals surface area contributed by atoms with Crippen LogP contribution < -0.4 is 4.74 Å². The lowest BCUT2D eigenvalue weighted by molar-refractivity contribution is 0.0133. The summed E-state index contributed by atoms with van der Waals surface area (Å²) >= 11 is 0. The van der Waals surface area contributed by atoms with E-state index in [1.54, 1.807) is 18.2 Å². The second kappa shape index (κ2) is 11.0. The van der Waals surface area contributed by atoms with Gasteiger partial charge in [-0.05, 0) is 32.9 Å². The van der Waals surface area contributed by atoms with Crippen LogP contribution in [0.15, 0.2) is 24.3 Å². The number of ether oxygens (including phenoxy) is 2. The van der Waals surface area contributed by atoms with Gasteiger partial charge < -0.3 is 19.5 Å². The van der Waals surface area contributed by atoms with E-state index in [4.69, 9.17) is 9.47 Å². The molecule has 3 rings (SSSR count). The highest BCUT2D eigenvalue weighted by molar-refractivity contribution is 5.68. The zero-order chi connectivity index (χ0) is 22.3. The van der Waals surface area contributed by atoms with Crippen LogP contribution in [0.3, 0.4) is 0 Å². The number of hydrogen-bond donors (Lipinski definition) is 1. The van der Waals surface area contributed by atoms with E-state index in [1.807, 2.05) is 31.7 Å². The number of nitrogens with zero attached hydrogens (tertiary/aromatic N) is 4. The molecule has 0 spiro atoms. The summed E-state index contributed by atoms with van der Waals surface area (Å²) < 4.78 is 11.2. The largest absolute Gasteiger partial charge is 0.508 e. The smallest absolute Gasteiger partial charge is 0.410 e. The Hall–Kier alpha value is -2.03. The van der Waals surface area contributed by atoms with Crippen molar-refractivity contribution in [2.75, 3.05) is 78.6 Å². The van der Waals surface area contributed by atoms with Crippen LogP contribution in [-0.2, 0) is 4.74 Å². The summed E-state index contributed by atoms with van der Waals surface area (Å²) in [6, 6.07) is 6.95. The van der Waals surface area contributed by atoms with Crippen LogP contribution in [0.1, 0.15) is 20.8 Å². The molecule has 2 fully saturated rings. The predicted molar refractivity (Wildman–Crippen MR) is 121 cm³/mol. The Morgan fingerprint density at radius 1 is 0.903 bits per heavy atom. The first kappa shape index (κ1) is 23.6. The highest BCUT2D eigenvalue weighted by Gasteiger charge is 2.26. The van der Waals surface area contributed by atoms with Gasteiger partial charge in [0, 0.05) is 78.1 Å². The second-order valence-corrected chi connectivity index (χ2v) is 9.34. The third-order valence-corrected chi connectivity index (χ3v) is 5.72. The fourth-order valence-electron chi connectivity index (χ4n) is 3.87. The van der Waals surface area contributed by atoms with Crippen molar-refractivity contribution in [2.24, 2.45) is 0 Å². The van der Waals surface area contributed by atoms with Crippen LogP contribution in [0.4, 0.5) is 4.79 Å². The highest BCUT2D eigenvalue weighted by Crippen LogP contribution is 2.17. The molecule has 0 aromatic heterocycles. The van der Waals surface area contributed by atoms with Crippen molar-refractivity contribution in [2.45, 2.75) is 26.4 Å². The number of phenols is 1. The van der Waals surface area contributed by atoms with E-state index < -0.39 is 5.60 Å². The standard InChI is InChI=1S/C23H38N4O4/c1-23(2,3)31-22(29)27-15-13-25(14-16-27)8-7-24-9-11-26(12-10-24)17-18-30-21-6-4-5-20(28)19-21/h4-6,19,28H,7-18H2,1-3H3. The summed E-state index contributed by atoms with van der Waals surface area (Å²) in [5, 5.41) is 9.49. The Labute approximate surface area is 186 Å². The van der Waals surface area contributed by atoms with Crippen molar-refractivity contribution in [3.8, 4) is 11.5 Å². The first-order valence-corrected chi connectivity index (χ1v) is 11.4. The molecule has 1 N–H and O–H groups in total. The lowest BCUT2D eigenvalue weighted by atomic mass is 10.2. The summed E-state index contributed by atoms with van der Waals surface area (Å²) in [5.74, 6) is 0.947. The lowest BCUT2D eigenvalue weighted by Crippen LogP contribution is -2.53. The summed E-state index contributed by atoms with van der Waals surface area (Å²) in [6.45, 7) is 16.9. The monoisotopic (exact) mass is 434 g/mol. The molecule has 2 aliphatic rings. The molecule has 31 heavy (non-hydrogen) atoms. The molecule has 2 saturated heterocycles. The maximum absolute atomic E-state index is 12.2. The normalized spacial score (nSPS) is 19.4. The summed E-state index contributed by atoms with van der Waals surface area (Å²) in [5.41, 5.74) is -0.438. The Morgan fingerprint density at radius 2 is 1.45 bits per heavy atom. The van der Waals surface area contributed by atoms with Gasteiger partial charge in [-0.15, -0.1) is 0 Å². The molecular formula is C23H38N4O4. The first-order chi connectivity index (χ1) is 14.8. The molecule has 0 aliphatic carbocycles. The van der Waals surface area contributed by atoms with Crippen molar-refractivity contribution in [1.29, 1.82) is 0 Å². The van der Waals surface area contributed by atoms with E-state index in [9.17, 15) is 9.90 Å². The van der Waals surface area contributed by atoms with Crippen molar-refractivity contribution in [3.05, 3.63) is 24.3 Å². The molecule has 0 radical (unpaired) electrons. The molecule has 174 valence electrons. The fourth-order valence-corrected chi connectivity index (χ4v) is 3.87. The molecule has 0 saturated carbocycles. The number of piperazine rings is 2. The molecule has 8 heteroatoms. The first-order valence-electron chi connectivity index (χ1n) is 11.4. The van der Waals surface area contributed by atoms with E-state index in [-0.39, 0.29) is 11.8 Å². The van der Waals surface area contributed by atoms with Gasteiger partial charge in [0.05, 0.1) is 0 Å². The molecule has 1 amide bonds. The number of carbonyl (C=O) groups excluding carboxylic acids is 1. The van der Waals surface area contributed by atoms with Crippen LogP contribution >= 0.6 is 0 Å². The summed E-state index contributed by atoms with van der Waals surface area (Å²) in [4.78, 5) is 21.4. The van der Waals surface area contributed by atoms with E-state index in [1.165, 1.54) is 0 Å². The molecular weight excluding hydrogens is 396 g/mol. The lowest BCUT2D eigenvalue weighted by Gasteiger charge is -2.38. The minimum absolute atomic E-state index is 0.198. The van der Waals surface area contributed by atoms with Gasteiger partial charge in [0.15, 0.2) is 0 Å². The van der Waals surface area contributed by atoms with Crippen molar-refractivity contribution in [3.63, 3.8) is 0 Å². The van der Waals surface area contributed by atoms with Gasteiger partial charge >= 0.3 is 6.09 Å². The van der Waals surface area contributed by atoms with Gasteiger partial charge in [-0.2, -0.15) is 0 Å². The zero-order valence-corrected chi connectivity index (χ0v) is 19.3. The van der Waals surface area contributed by atoms with Crippen LogP contribution in [0.25, 0.3) is 0 Å². The van der Waals surface area contributed by atoms with Gasteiger partial charge in [0.1, 0.15) is 23.7 Å². The molecule has 2 heterocycles. The van der Waals surface area contributed by atoms with E-state index in [0.29, 0.717) is 12.4 Å². The number of amides is 1. The molecule has 2 aliphatic heterocycles. The Bertz CT molecular complexity index is 693. The quantitative estimate of drug-likeness (QED) is 0.703. The number of hydrogen-bond acceptors (Lipinski definition) is 7. The van der Waals surface area contributed by atoms with E-state index in [2.05, 4.69) is 14.7 Å². The fraction of sp³-hybridized carbons (Fsp3) is 0.696. The Kier molecular flexibility index (Phi) is 8.40. The van der Waals surface area contributed by atoms with Gasteiger partial charge in [0.25, 0.3) is 0 Å². The third kappa shape index (κ3) is 8.20. The van der Waals surface area contributed by atoms with Crippen LogP contribution in [0.5, 0.6) is 11.5 Å². The average Bonchev–Trinajstić information content (AvgIpc) is 2.72. The van der Waals surface area contributed by atoms with Crippen LogP contribution in [0.2, 0.25) is 0 Å². The van der Waals surface area contributed by atoms with Gasteiger partial charge in [-0.1, -0.05) is 6.07 Å². The predicted octanol–water partition coefficient (Wildman–Crippen LogP) is 1.94. The van der Waals surface area contributed by atoms with Gasteiger partial charge in [0.2, 0.25) is 0 Å². The summed E-state index contributed by atoms with van der Waals surface area (Å²) in [7, 11) is 0. The topological polar surface area (TPSA) is 68.7 Å². The van der Waals surface area contributed by atoms with E-state index >= 15 is 0 Å². The maximum atomic E-state index is 12.2. The average molecular weight is 435 g/mol. The zero-order valence-electron chi connectivity index (χ0n) is 19.3. The van der Waals surface area contributed by atoms with Gasteiger partial charge in [-0.3, -0.25) is 14.7 Å². The number of carbonyl (C=O) groups is 1. The minimum Gasteiger partial charge on any atom is -0.508 e. The van der Waals surface area contributed by atoms with Crippen LogP contribution in [-0.4, -0.2) is 115 Å². The van der Waals surface area contributed by atoms with E-state index in [0.717, 1.165) is 72.0 Å². The van der Waals surface area contributed by atoms with Crippen LogP contribution in [0, 0.1) is 0 Å². The molecule has 1 aromatic rings. The second-order valence-electron chi connectivity index (χ2n) is 9.34. The van der Waals surface area contributed by atoms with Crippen molar-refractivity contribution >= 4 is 6.09 Å². The summed E-state index contributed by atoms with van der Waals surface area (Å²) in [6.07, 6.45) is -0.198. The number of aromatic hydroxyl groups is 1. The third-order valence-electron chi connectivity index (χ3n) is 5.72. The molecule has 0 unspecified atom stereocenters. The molecule has 0 bridgehead atoms.